The molecule has 5 heteroatoms. The van der Waals surface area contributed by atoms with Gasteiger partial charge >= 0.3 is 0 Å². The molecule has 5 nitrogen and oxygen atoms in total. The first-order chi connectivity index (χ1) is 10.9. The molecule has 1 saturated heterocycles. The summed E-state index contributed by atoms with van der Waals surface area (Å²) in [6, 6.07) is 5.80. The van der Waals surface area contributed by atoms with Gasteiger partial charge in [0.05, 0.1) is 0 Å². The lowest BCUT2D eigenvalue weighted by atomic mass is 9.95. The lowest BCUT2D eigenvalue weighted by molar-refractivity contribution is -0.127. The molecule has 3 rings (SSSR count). The van der Waals surface area contributed by atoms with Gasteiger partial charge in [-0.3, -0.25) is 9.59 Å². The fourth-order valence-corrected chi connectivity index (χ4v) is 2.95. The summed E-state index contributed by atoms with van der Waals surface area (Å²) in [5.74, 6) is 0.00741. The third-order valence-corrected chi connectivity index (χ3v) is 4.39. The maximum Gasteiger partial charge on any atom is 0.256 e. The molecule has 0 spiro atoms. The van der Waals surface area contributed by atoms with E-state index in [0.29, 0.717) is 13.2 Å². The highest BCUT2D eigenvalue weighted by Gasteiger charge is 2.33. The van der Waals surface area contributed by atoms with E-state index in [0.717, 1.165) is 36.2 Å². The van der Waals surface area contributed by atoms with Crippen molar-refractivity contribution >= 4 is 23.2 Å². The van der Waals surface area contributed by atoms with Crippen LogP contribution in [0.1, 0.15) is 39.2 Å². The van der Waals surface area contributed by atoms with Gasteiger partial charge < -0.3 is 15.0 Å². The molecular weight excluding hydrogens is 292 g/mol. The van der Waals surface area contributed by atoms with E-state index in [2.05, 4.69) is 5.32 Å². The Bertz CT molecular complexity index is 628. The number of rotatable bonds is 2. The van der Waals surface area contributed by atoms with Gasteiger partial charge in [-0.05, 0) is 37.0 Å². The third kappa shape index (κ3) is 3.24. The topological polar surface area (TPSA) is 58.6 Å². The maximum atomic E-state index is 12.6. The van der Waals surface area contributed by atoms with E-state index < -0.39 is 5.41 Å². The van der Waals surface area contributed by atoms with Crippen LogP contribution in [0.5, 0.6) is 0 Å². The molecule has 1 aromatic rings. The average Bonchev–Trinajstić information content (AvgIpc) is 3.15. The Labute approximate surface area is 137 Å². The van der Waals surface area contributed by atoms with Crippen LogP contribution in [0.25, 0.3) is 0 Å². The Kier molecular flexibility index (Phi) is 4.15. The zero-order valence-electron chi connectivity index (χ0n) is 14.0. The Balaban J connectivity index is 1.80. The number of nitrogens with zero attached hydrogens (tertiary/aromatic N) is 1. The van der Waals surface area contributed by atoms with Crippen molar-refractivity contribution in [1.29, 1.82) is 0 Å². The molecule has 2 aliphatic rings. The number of amides is 2. The summed E-state index contributed by atoms with van der Waals surface area (Å²) in [4.78, 5) is 26.6. The summed E-state index contributed by atoms with van der Waals surface area (Å²) < 4.78 is 5.52. The summed E-state index contributed by atoms with van der Waals surface area (Å²) in [5, 5.41) is 2.93. The largest absolute Gasteiger partial charge is 0.368 e. The van der Waals surface area contributed by atoms with Crippen LogP contribution >= 0.6 is 0 Å². The van der Waals surface area contributed by atoms with Gasteiger partial charge in [-0.25, -0.2) is 0 Å². The third-order valence-electron chi connectivity index (χ3n) is 4.39. The summed E-state index contributed by atoms with van der Waals surface area (Å²) >= 11 is 0. The molecule has 0 bridgehead atoms. The quantitative estimate of drug-likeness (QED) is 0.912. The number of hydrogen-bond donors (Lipinski definition) is 1. The SMILES string of the molecule is CC(C)(C)C(=O)Nc1ccc2c(c1)N(C(=O)C1CCCO1)CC2. The van der Waals surface area contributed by atoms with Crippen LogP contribution in [0.3, 0.4) is 0 Å². The van der Waals surface area contributed by atoms with Crippen molar-refractivity contribution in [3.05, 3.63) is 23.8 Å². The van der Waals surface area contributed by atoms with E-state index >= 15 is 0 Å². The van der Waals surface area contributed by atoms with Gasteiger partial charge in [0.2, 0.25) is 5.91 Å². The van der Waals surface area contributed by atoms with E-state index in [-0.39, 0.29) is 17.9 Å². The van der Waals surface area contributed by atoms with Crippen LogP contribution in [0.15, 0.2) is 18.2 Å². The van der Waals surface area contributed by atoms with Crippen LogP contribution in [-0.4, -0.2) is 31.1 Å². The van der Waals surface area contributed by atoms with Crippen molar-refractivity contribution in [1.82, 2.24) is 0 Å². The highest BCUT2D eigenvalue weighted by Crippen LogP contribution is 2.33. The molecule has 1 fully saturated rings. The number of carbonyl (C=O) groups is 2. The molecule has 2 heterocycles. The van der Waals surface area contributed by atoms with Gasteiger partial charge in [0, 0.05) is 29.9 Å². The summed E-state index contributed by atoms with van der Waals surface area (Å²) in [7, 11) is 0. The Morgan fingerprint density at radius 3 is 2.74 bits per heavy atom. The molecule has 1 N–H and O–H groups in total. The fraction of sp³-hybridized carbons (Fsp3) is 0.556. The first-order valence-electron chi connectivity index (χ1n) is 8.23. The average molecular weight is 316 g/mol. The molecule has 0 aliphatic carbocycles. The molecule has 1 unspecified atom stereocenters. The van der Waals surface area contributed by atoms with Crippen LogP contribution in [0, 0.1) is 5.41 Å². The molecular formula is C18H24N2O3. The number of hydrogen-bond acceptors (Lipinski definition) is 3. The molecule has 2 amide bonds. The van der Waals surface area contributed by atoms with Crippen molar-refractivity contribution in [2.45, 2.75) is 46.1 Å². The summed E-state index contributed by atoms with van der Waals surface area (Å²) in [5.41, 5.74) is 2.32. The van der Waals surface area contributed by atoms with Gasteiger partial charge in [0.25, 0.3) is 5.91 Å². The second-order valence-electron chi connectivity index (χ2n) is 7.29. The normalized spacial score (nSPS) is 20.5. The number of ether oxygens (including phenoxy) is 1. The predicted octanol–water partition coefficient (Wildman–Crippen LogP) is 2.74. The Morgan fingerprint density at radius 2 is 2.09 bits per heavy atom. The van der Waals surface area contributed by atoms with Gasteiger partial charge in [-0.1, -0.05) is 26.8 Å². The van der Waals surface area contributed by atoms with Gasteiger partial charge in [-0.2, -0.15) is 0 Å². The highest BCUT2D eigenvalue weighted by atomic mass is 16.5. The number of anilines is 2. The Hall–Kier alpha value is -1.88. The maximum absolute atomic E-state index is 12.6. The van der Waals surface area contributed by atoms with E-state index in [4.69, 9.17) is 4.74 Å². The molecule has 0 saturated carbocycles. The van der Waals surface area contributed by atoms with Gasteiger partial charge in [0.15, 0.2) is 0 Å². The van der Waals surface area contributed by atoms with E-state index in [1.165, 1.54) is 0 Å². The van der Waals surface area contributed by atoms with Crippen molar-refractivity contribution in [2.75, 3.05) is 23.4 Å². The smallest absolute Gasteiger partial charge is 0.256 e. The standard InChI is InChI=1S/C18H24N2O3/c1-18(2,3)17(22)19-13-7-6-12-8-9-20(14(12)11-13)16(21)15-5-4-10-23-15/h6-7,11,15H,4-5,8-10H2,1-3H3,(H,19,22). The Morgan fingerprint density at radius 1 is 1.30 bits per heavy atom. The zero-order chi connectivity index (χ0) is 16.6. The zero-order valence-corrected chi connectivity index (χ0v) is 14.0. The second kappa shape index (κ2) is 5.96. The van der Waals surface area contributed by atoms with Crippen molar-refractivity contribution in [3.8, 4) is 0 Å². The minimum Gasteiger partial charge on any atom is -0.368 e. The van der Waals surface area contributed by atoms with Crippen LogP contribution in [0.2, 0.25) is 0 Å². The predicted molar refractivity (Wildman–Crippen MR) is 89.6 cm³/mol. The molecule has 0 aromatic heterocycles. The van der Waals surface area contributed by atoms with Crippen molar-refractivity contribution in [3.63, 3.8) is 0 Å². The van der Waals surface area contributed by atoms with E-state index in [1.54, 1.807) is 4.90 Å². The minimum absolute atomic E-state index is 0.0348. The van der Waals surface area contributed by atoms with Crippen LogP contribution in [0.4, 0.5) is 11.4 Å². The minimum atomic E-state index is -0.452. The number of carbonyl (C=O) groups excluding carboxylic acids is 2. The molecule has 124 valence electrons. The summed E-state index contributed by atoms with van der Waals surface area (Å²) in [6.07, 6.45) is 2.28. The van der Waals surface area contributed by atoms with Crippen molar-refractivity contribution < 1.29 is 14.3 Å². The number of nitrogens with one attached hydrogen (secondary N) is 1. The van der Waals surface area contributed by atoms with Crippen LogP contribution in [-0.2, 0) is 20.7 Å². The van der Waals surface area contributed by atoms with Crippen LogP contribution < -0.4 is 10.2 Å². The molecule has 1 atom stereocenters. The van der Waals surface area contributed by atoms with Gasteiger partial charge in [-0.15, -0.1) is 0 Å². The fourth-order valence-electron chi connectivity index (χ4n) is 2.95. The second-order valence-corrected chi connectivity index (χ2v) is 7.29. The monoisotopic (exact) mass is 316 g/mol. The lowest BCUT2D eigenvalue weighted by Crippen LogP contribution is -2.37. The van der Waals surface area contributed by atoms with E-state index in [1.807, 2.05) is 39.0 Å². The highest BCUT2D eigenvalue weighted by molar-refractivity contribution is 6.00. The number of benzene rings is 1. The lowest BCUT2D eigenvalue weighted by Gasteiger charge is -2.22. The molecule has 2 aliphatic heterocycles. The first kappa shape index (κ1) is 16.0. The number of fused-ring (bicyclic) bond motifs is 1. The molecule has 23 heavy (non-hydrogen) atoms. The van der Waals surface area contributed by atoms with Gasteiger partial charge in [0.1, 0.15) is 6.10 Å². The summed E-state index contributed by atoms with van der Waals surface area (Å²) in [6.45, 7) is 6.98. The first-order valence-corrected chi connectivity index (χ1v) is 8.23. The molecule has 1 aromatic carbocycles. The van der Waals surface area contributed by atoms with Crippen molar-refractivity contribution in [2.24, 2.45) is 5.41 Å². The van der Waals surface area contributed by atoms with E-state index in [9.17, 15) is 9.59 Å². The molecule has 0 radical (unpaired) electrons.